The minimum atomic E-state index is -1.38. The van der Waals surface area contributed by atoms with Gasteiger partial charge < -0.3 is 131 Å². The standard InChI is InChI=1S/C55H102N28O14/c1-29(2)42(56)49(95)76-30(3)43(89)72-25-38(85)77-32(13-7-19-67-52(59)60)45(91)74-27-40(87)79-33(14-9-22-70-55(65)82(4)5)46(92)75-26-39(86)78-31(12-6-18-66-51(57)58)44(90)73-24-37(84)71-28-41(88)83-23-11-17-36(83)48(94)80-34(15-8-20-68-53(61)62)47(93)81-35(50(96)97)16-10-21-69-54(63)64/h29-36,42H,6-28,56H2,1-5H3,(H2,65,70)(H,71,84)(H,72,89)(H,73,90)(H,74,91)(H,75,92)(H,76,95)(H,77,85)(H,78,86)(H,79,87)(H,80,94)(H,81,93)(H,96,97)(H4,57,58,66)(H4,59,60,67)(H4,61,62,68)(H4,63,64,69)/t30-,31-,32-,33-,34-,35-,36-,42-/m0/s1. The second-order valence-corrected chi connectivity index (χ2v) is 22.8. The van der Waals surface area contributed by atoms with Crippen molar-refractivity contribution >= 4 is 107 Å². The van der Waals surface area contributed by atoms with Crippen molar-refractivity contribution in [1.82, 2.24) is 68.3 Å². The number of rotatable bonds is 45. The molecule has 42 nitrogen and oxygen atoms in total. The summed E-state index contributed by atoms with van der Waals surface area (Å²) in [6.07, 6.45) is 1.01. The molecule has 1 aliphatic heterocycles. The van der Waals surface area contributed by atoms with Crippen LogP contribution in [0.4, 0.5) is 0 Å². The number of amides is 12. The van der Waals surface area contributed by atoms with Crippen molar-refractivity contribution < 1.29 is 67.4 Å². The van der Waals surface area contributed by atoms with E-state index in [0.717, 1.165) is 0 Å². The van der Waals surface area contributed by atoms with Crippen molar-refractivity contribution in [3.63, 3.8) is 0 Å². The third-order valence-electron chi connectivity index (χ3n) is 14.1. The number of carbonyl (C=O) groups is 13. The Labute approximate surface area is 561 Å². The molecule has 0 aliphatic carbocycles. The summed E-state index contributed by atoms with van der Waals surface area (Å²) in [5.74, 6) is -12.0. The van der Waals surface area contributed by atoms with Crippen LogP contribution in [0.25, 0.3) is 0 Å². The number of carboxylic acids is 1. The molecule has 32 N–H and O–H groups in total. The number of carbonyl (C=O) groups excluding carboxylic acids is 12. The number of nitrogens with two attached hydrogens (primary N) is 10. The molecule has 0 radical (unpaired) electrons. The van der Waals surface area contributed by atoms with Gasteiger partial charge in [-0.15, -0.1) is 0 Å². The van der Waals surface area contributed by atoms with Crippen LogP contribution >= 0.6 is 0 Å². The van der Waals surface area contributed by atoms with Crippen LogP contribution in [0, 0.1) is 5.92 Å². The van der Waals surface area contributed by atoms with Crippen LogP contribution in [0.5, 0.6) is 0 Å². The number of likely N-dealkylation sites (tertiary alicyclic amines) is 1. The number of guanidine groups is 5. The van der Waals surface area contributed by atoms with Crippen molar-refractivity contribution in [2.24, 2.45) is 88.2 Å². The van der Waals surface area contributed by atoms with Crippen LogP contribution in [0.1, 0.15) is 97.8 Å². The summed E-state index contributed by atoms with van der Waals surface area (Å²) in [5, 5.41) is 36.7. The third kappa shape index (κ3) is 36.6. The number of nitrogens with one attached hydrogen (secondary N) is 11. The van der Waals surface area contributed by atoms with E-state index in [0.29, 0.717) is 6.42 Å². The monoisotopic (exact) mass is 1380 g/mol. The van der Waals surface area contributed by atoms with Crippen LogP contribution in [0.15, 0.2) is 25.0 Å². The zero-order chi connectivity index (χ0) is 73.3. The molecule has 0 bridgehead atoms. The molecule has 42 heteroatoms. The van der Waals surface area contributed by atoms with Gasteiger partial charge in [0.15, 0.2) is 29.8 Å². The molecule has 8 atom stereocenters. The molecule has 1 rings (SSSR count). The average Bonchev–Trinajstić information content (AvgIpc) is 1.76. The van der Waals surface area contributed by atoms with Crippen LogP contribution in [-0.2, 0) is 62.3 Å². The van der Waals surface area contributed by atoms with Crippen LogP contribution < -0.4 is 116 Å². The van der Waals surface area contributed by atoms with Crippen molar-refractivity contribution in [3.8, 4) is 0 Å². The Balaban J connectivity index is 3.15. The van der Waals surface area contributed by atoms with Crippen molar-refractivity contribution in [2.75, 3.05) is 86.1 Å². The predicted octanol–water partition coefficient (Wildman–Crippen LogP) is -11.6. The number of hydrogen-bond acceptors (Lipinski definition) is 19. The molecule has 0 aromatic carbocycles. The molecular weight excluding hydrogens is 1280 g/mol. The number of nitrogens with zero attached hydrogens (tertiary/aromatic N) is 7. The summed E-state index contributed by atoms with van der Waals surface area (Å²) in [4.78, 5) is 194. The van der Waals surface area contributed by atoms with E-state index in [1.807, 2.05) is 0 Å². The maximum atomic E-state index is 13.7. The first kappa shape index (κ1) is 84.4. The Bertz CT molecular complexity index is 2820. The van der Waals surface area contributed by atoms with Gasteiger partial charge in [-0.2, -0.15) is 0 Å². The van der Waals surface area contributed by atoms with Crippen molar-refractivity contribution in [1.29, 1.82) is 0 Å². The first-order valence-corrected chi connectivity index (χ1v) is 31.3. The predicted molar refractivity (Wildman–Crippen MR) is 357 cm³/mol. The fourth-order valence-corrected chi connectivity index (χ4v) is 8.80. The number of hydrogen-bond donors (Lipinski definition) is 22. The molecule has 97 heavy (non-hydrogen) atoms. The number of aliphatic carboxylic acids is 1. The molecule has 1 aliphatic rings. The maximum absolute atomic E-state index is 13.7. The lowest BCUT2D eigenvalue weighted by Crippen LogP contribution is -2.56. The van der Waals surface area contributed by atoms with Gasteiger partial charge in [0, 0.05) is 53.4 Å². The van der Waals surface area contributed by atoms with Crippen LogP contribution in [-0.4, -0.2) is 256 Å². The smallest absolute Gasteiger partial charge is 0.326 e. The molecular formula is C55H102N28O14. The first-order valence-electron chi connectivity index (χ1n) is 31.3. The van der Waals surface area contributed by atoms with Crippen LogP contribution in [0.2, 0.25) is 0 Å². The highest BCUT2D eigenvalue weighted by atomic mass is 16.4. The zero-order valence-electron chi connectivity index (χ0n) is 55.6. The van der Waals surface area contributed by atoms with E-state index in [9.17, 15) is 67.4 Å². The summed E-state index contributed by atoms with van der Waals surface area (Å²) >= 11 is 0. The largest absolute Gasteiger partial charge is 0.480 e. The highest BCUT2D eigenvalue weighted by Gasteiger charge is 2.37. The van der Waals surface area contributed by atoms with E-state index in [1.165, 1.54) is 16.7 Å². The average molecular weight is 1380 g/mol. The second-order valence-electron chi connectivity index (χ2n) is 22.8. The Kier molecular flexibility index (Phi) is 39.8. The van der Waals surface area contributed by atoms with Gasteiger partial charge in [-0.3, -0.25) is 82.5 Å². The Morgan fingerprint density at radius 1 is 0.443 bits per heavy atom. The summed E-state index contributed by atoms with van der Waals surface area (Å²) in [6, 6.07) is -9.76. The van der Waals surface area contributed by atoms with Gasteiger partial charge in [-0.1, -0.05) is 13.8 Å². The van der Waals surface area contributed by atoms with Crippen molar-refractivity contribution in [2.45, 2.75) is 146 Å². The summed E-state index contributed by atoms with van der Waals surface area (Å²) in [6.45, 7) is 1.76. The van der Waals surface area contributed by atoms with Gasteiger partial charge in [0.2, 0.25) is 70.9 Å². The third-order valence-corrected chi connectivity index (χ3v) is 14.1. The fraction of sp³-hybridized carbons (Fsp3) is 0.673. The number of aliphatic imine (C=N–C) groups is 5. The van der Waals surface area contributed by atoms with Gasteiger partial charge in [-0.05, 0) is 89.9 Å². The molecule has 0 aromatic heterocycles. The van der Waals surface area contributed by atoms with E-state index in [2.05, 4.69) is 83.4 Å². The summed E-state index contributed by atoms with van der Waals surface area (Å²) in [5.41, 5.74) is 55.0. The van der Waals surface area contributed by atoms with E-state index >= 15 is 0 Å². The lowest BCUT2D eigenvalue weighted by molar-refractivity contribution is -0.143. The van der Waals surface area contributed by atoms with E-state index in [4.69, 9.17) is 57.3 Å². The normalized spacial score (nSPS) is 14.6. The zero-order valence-corrected chi connectivity index (χ0v) is 55.6. The van der Waals surface area contributed by atoms with E-state index in [1.54, 1.807) is 27.9 Å². The molecule has 1 heterocycles. The Hall–Kier alpha value is -10.6. The maximum Gasteiger partial charge on any atom is 0.326 e. The van der Waals surface area contributed by atoms with Gasteiger partial charge in [0.05, 0.1) is 38.8 Å². The van der Waals surface area contributed by atoms with E-state index < -0.39 is 158 Å². The quantitative estimate of drug-likeness (QED) is 0.0153. The topological polar surface area (TPSA) is 703 Å². The SMILES string of the molecule is CC(C)[C@H](N)C(=O)N[C@@H](C)C(=O)NCC(=O)N[C@@H](CCCN=C(N)N)C(=O)NCC(=O)N[C@@H](CCCN=C(N)N(C)C)C(=O)NCC(=O)N[C@@H](CCCN=C(N)N)C(=O)NCC(=O)NCC(=O)N1CCC[C@H]1C(=O)N[C@@H](CCCN=C(N)N)C(=O)N[C@@H](CCCN=C(N)N)C(=O)O. The molecule has 0 unspecified atom stereocenters. The fourth-order valence-electron chi connectivity index (χ4n) is 8.80. The molecule has 1 saturated heterocycles. The van der Waals surface area contributed by atoms with Crippen LogP contribution in [0.3, 0.4) is 0 Å². The summed E-state index contributed by atoms with van der Waals surface area (Å²) in [7, 11) is 3.30. The minimum Gasteiger partial charge on any atom is -0.480 e. The first-order chi connectivity index (χ1) is 45.6. The van der Waals surface area contributed by atoms with Gasteiger partial charge in [0.25, 0.3) is 0 Å². The van der Waals surface area contributed by atoms with Gasteiger partial charge in [-0.25, -0.2) is 4.79 Å². The second kappa shape index (κ2) is 45.7. The minimum absolute atomic E-state index is 0.0102. The molecule has 546 valence electrons. The lowest BCUT2D eigenvalue weighted by atomic mass is 10.0. The molecule has 0 spiro atoms. The van der Waals surface area contributed by atoms with Gasteiger partial charge >= 0.3 is 5.97 Å². The highest BCUT2D eigenvalue weighted by molar-refractivity contribution is 5.98. The molecule has 0 aromatic rings. The summed E-state index contributed by atoms with van der Waals surface area (Å²) < 4.78 is 0. The van der Waals surface area contributed by atoms with E-state index in [-0.39, 0.29) is 146 Å². The Morgan fingerprint density at radius 3 is 1.18 bits per heavy atom. The molecule has 1 fully saturated rings. The molecule has 0 saturated carbocycles. The van der Waals surface area contributed by atoms with Crippen molar-refractivity contribution in [3.05, 3.63) is 0 Å². The highest BCUT2D eigenvalue weighted by Crippen LogP contribution is 2.18. The molecule has 12 amide bonds. The van der Waals surface area contributed by atoms with Gasteiger partial charge in [0.1, 0.15) is 42.3 Å². The lowest BCUT2D eigenvalue weighted by Gasteiger charge is -2.27. The number of carboxylic acid groups (broad SMARTS) is 1. The Morgan fingerprint density at radius 2 is 0.804 bits per heavy atom.